The third-order valence-electron chi connectivity index (χ3n) is 9.65. The third kappa shape index (κ3) is 8.60. The highest BCUT2D eigenvalue weighted by atomic mass is 32.7. The van der Waals surface area contributed by atoms with Crippen LogP contribution < -0.4 is 15.2 Å². The summed E-state index contributed by atoms with van der Waals surface area (Å²) < 4.78 is 107. The lowest BCUT2D eigenvalue weighted by Crippen LogP contribution is -2.46. The molecule has 4 bridgehead atoms. The van der Waals surface area contributed by atoms with Crippen LogP contribution in [0.1, 0.15) is 28.6 Å². The quantitative estimate of drug-likeness (QED) is 0.109. The van der Waals surface area contributed by atoms with Crippen LogP contribution in [0.3, 0.4) is 0 Å². The molecule has 0 spiro atoms. The molecule has 4 aliphatic rings. The van der Waals surface area contributed by atoms with Gasteiger partial charge in [0.05, 0.1) is 33.1 Å². The number of hydrogen-bond donors (Lipinski definition) is 2. The van der Waals surface area contributed by atoms with Crippen LogP contribution in [-0.4, -0.2) is 110 Å². The summed E-state index contributed by atoms with van der Waals surface area (Å²) in [5, 5.41) is 0. The number of ether oxygens (including phenoxy) is 4. The molecule has 3 fully saturated rings. The summed E-state index contributed by atoms with van der Waals surface area (Å²) in [5.41, 5.74) is 6.85. The van der Waals surface area contributed by atoms with E-state index in [1.165, 1.54) is 36.2 Å². The first-order valence-corrected chi connectivity index (χ1v) is 22.6. The number of carbonyl (C=O) groups is 3. The minimum atomic E-state index is -5.28. The van der Waals surface area contributed by atoms with Crippen LogP contribution in [0, 0.1) is 0 Å². The van der Waals surface area contributed by atoms with Crippen molar-refractivity contribution in [3.05, 3.63) is 84.6 Å². The zero-order valence-electron chi connectivity index (χ0n) is 31.0. The van der Waals surface area contributed by atoms with Crippen LogP contribution >= 0.6 is 26.0 Å². The van der Waals surface area contributed by atoms with Crippen molar-refractivity contribution in [1.82, 2.24) is 24.4 Å². The number of imidazole rings is 1. The highest BCUT2D eigenvalue weighted by Gasteiger charge is 2.56. The maximum atomic E-state index is 16.6. The summed E-state index contributed by atoms with van der Waals surface area (Å²) in [5.74, 6) is -1.71. The number of benzene rings is 2. The number of allylic oxidation sites excluding steroid dienone is 1. The Kier molecular flexibility index (Phi) is 11.9. The second kappa shape index (κ2) is 17.0. The van der Waals surface area contributed by atoms with Gasteiger partial charge in [0, 0.05) is 12.0 Å². The molecular formula is C35H34F2N6O14P2S. The van der Waals surface area contributed by atoms with E-state index in [4.69, 9.17) is 42.8 Å². The van der Waals surface area contributed by atoms with Gasteiger partial charge in [-0.1, -0.05) is 24.3 Å². The standard InChI is InChI=1S/C35H34F2N6O14P2S/c1-50-22-5-3-2-4-21(22)35(46)53-20-8-6-18(7-9-20)15-60-59(49)52-14-24-26(36)29(33(54-24)42-11-10-19(44)12-25(42)45)56-58(47,48)51-13-23-27(37)30(57-59)34(55-23)43-17-41-28-31(38)39-16-40-32(28)43/h2-11,16-17,23-24,26-27,29-30,33-34H,12-15H2,1H3,(H,47,48)(H2,38,39,40)/t23-,24-,26-,27-,29-,30-,33-,34-,59+/m1/s1. The highest BCUT2D eigenvalue weighted by Crippen LogP contribution is 2.65. The van der Waals surface area contributed by atoms with Gasteiger partial charge in [0.1, 0.15) is 53.3 Å². The van der Waals surface area contributed by atoms with Crippen molar-refractivity contribution >= 4 is 60.6 Å². The molecule has 60 heavy (non-hydrogen) atoms. The fraction of sp³-hybridized carbons (Fsp3) is 0.371. The van der Waals surface area contributed by atoms with Gasteiger partial charge < -0.3 is 29.6 Å². The Hall–Kier alpha value is -4.67. The van der Waals surface area contributed by atoms with E-state index in [-0.39, 0.29) is 34.0 Å². The topological polar surface area (TPSA) is 252 Å². The zero-order valence-corrected chi connectivity index (χ0v) is 33.6. The summed E-state index contributed by atoms with van der Waals surface area (Å²) in [7, 11) is -3.86. The number of halogens is 2. The number of nitrogens with zero attached hydrogens (tertiary/aromatic N) is 5. The van der Waals surface area contributed by atoms with Crippen molar-refractivity contribution in [2.45, 2.75) is 61.4 Å². The SMILES string of the molecule is COc1ccccc1C(=O)Oc1ccc(CS[P@@]2(=O)OC[C@H]3O[C@@H](N4C=CC(=O)CC4=O)[C@H](OP(=O)(O)OC[C@H]4O[C@@H](n5cnc6c(N)ncnc65)[C@H](O2)[C@@H]4F)[C@@H]3F)cc1. The molecule has 0 radical (unpaired) electrons. The molecule has 0 aliphatic carbocycles. The Morgan fingerprint density at radius 3 is 2.40 bits per heavy atom. The number of fused-ring (bicyclic) bond motifs is 5. The average Bonchev–Trinajstić information content (AvgIpc) is 3.89. The molecule has 10 atom stereocenters. The van der Waals surface area contributed by atoms with Gasteiger partial charge in [-0.05, 0) is 47.3 Å². The molecule has 4 aromatic rings. The highest BCUT2D eigenvalue weighted by molar-refractivity contribution is 8.54. The van der Waals surface area contributed by atoms with E-state index in [0.29, 0.717) is 22.7 Å². The molecule has 2 aromatic heterocycles. The molecule has 3 N–H and O–H groups in total. The molecule has 0 saturated carbocycles. The number of hydrogen-bond acceptors (Lipinski definition) is 18. The number of esters is 1. The number of ketones is 1. The summed E-state index contributed by atoms with van der Waals surface area (Å²) in [6.45, 7) is -6.51. The van der Waals surface area contributed by atoms with Crippen LogP contribution in [-0.2, 0) is 52.0 Å². The van der Waals surface area contributed by atoms with E-state index in [1.54, 1.807) is 30.3 Å². The Balaban J connectivity index is 1.09. The number of nitrogen functional groups attached to an aromatic ring is 1. The van der Waals surface area contributed by atoms with Gasteiger partial charge in [0.2, 0.25) is 5.91 Å². The summed E-state index contributed by atoms with van der Waals surface area (Å²) in [6.07, 6.45) is -11.3. The monoisotopic (exact) mass is 894 g/mol. The first-order valence-electron chi connectivity index (χ1n) is 17.9. The smallest absolute Gasteiger partial charge is 0.472 e. The molecule has 3 saturated heterocycles. The van der Waals surface area contributed by atoms with Crippen molar-refractivity contribution < 1.29 is 74.2 Å². The van der Waals surface area contributed by atoms with Gasteiger partial charge in [0.25, 0.3) is 0 Å². The van der Waals surface area contributed by atoms with Gasteiger partial charge in [0.15, 0.2) is 42.0 Å². The fourth-order valence-corrected chi connectivity index (χ4v) is 11.0. The van der Waals surface area contributed by atoms with Crippen LogP contribution in [0.25, 0.3) is 11.2 Å². The molecule has 25 heteroatoms. The molecule has 6 heterocycles. The van der Waals surface area contributed by atoms with Crippen molar-refractivity contribution in [2.75, 3.05) is 26.1 Å². The van der Waals surface area contributed by atoms with Gasteiger partial charge in [-0.15, -0.1) is 0 Å². The van der Waals surface area contributed by atoms with E-state index in [2.05, 4.69) is 15.0 Å². The first-order chi connectivity index (χ1) is 28.7. The van der Waals surface area contributed by atoms with Crippen LogP contribution in [0.5, 0.6) is 11.5 Å². The summed E-state index contributed by atoms with van der Waals surface area (Å²) in [4.78, 5) is 61.3. The minimum Gasteiger partial charge on any atom is -0.496 e. The van der Waals surface area contributed by atoms with E-state index in [0.717, 1.165) is 23.5 Å². The maximum absolute atomic E-state index is 16.6. The zero-order chi connectivity index (χ0) is 42.3. The van der Waals surface area contributed by atoms with E-state index in [1.807, 2.05) is 0 Å². The number of para-hydroxylation sites is 1. The number of aromatic nitrogens is 4. The molecule has 2 aromatic carbocycles. The maximum Gasteiger partial charge on any atom is 0.472 e. The lowest BCUT2D eigenvalue weighted by molar-refractivity contribution is -0.148. The van der Waals surface area contributed by atoms with Crippen molar-refractivity contribution in [1.29, 1.82) is 0 Å². The van der Waals surface area contributed by atoms with Crippen LogP contribution in [0.2, 0.25) is 0 Å². The van der Waals surface area contributed by atoms with Gasteiger partial charge in [-0.25, -0.2) is 37.7 Å². The number of carbonyl (C=O) groups excluding carboxylic acids is 3. The third-order valence-corrected chi connectivity index (χ3v) is 14.3. The fourth-order valence-electron chi connectivity index (χ4n) is 6.71. The minimum absolute atomic E-state index is 0.0183. The normalized spacial score (nSPS) is 32.2. The molecule has 1 amide bonds. The lowest BCUT2D eigenvalue weighted by atomic mass is 10.1. The Labute approximate surface area is 342 Å². The molecule has 1 unspecified atom stereocenters. The predicted molar refractivity (Wildman–Crippen MR) is 202 cm³/mol. The largest absolute Gasteiger partial charge is 0.496 e. The first kappa shape index (κ1) is 42.0. The number of phosphoric acid groups is 1. The van der Waals surface area contributed by atoms with E-state index in [9.17, 15) is 28.4 Å². The number of rotatable bonds is 8. The van der Waals surface area contributed by atoms with Crippen LogP contribution in [0.4, 0.5) is 14.6 Å². The predicted octanol–water partition coefficient (Wildman–Crippen LogP) is 4.21. The van der Waals surface area contributed by atoms with Crippen LogP contribution in [0.15, 0.2) is 73.5 Å². The molecular weight excluding hydrogens is 860 g/mol. The van der Waals surface area contributed by atoms with Crippen molar-refractivity contribution in [3.63, 3.8) is 0 Å². The second-order valence-electron chi connectivity index (χ2n) is 13.5. The number of phosphoric ester groups is 1. The van der Waals surface area contributed by atoms with Gasteiger partial charge in [-0.2, -0.15) is 0 Å². The molecule has 8 rings (SSSR count). The van der Waals surface area contributed by atoms with Crippen molar-refractivity contribution in [3.8, 4) is 11.5 Å². The Morgan fingerprint density at radius 1 is 0.967 bits per heavy atom. The number of amides is 1. The second-order valence-corrected chi connectivity index (χ2v) is 18.9. The van der Waals surface area contributed by atoms with E-state index >= 15 is 8.78 Å². The van der Waals surface area contributed by atoms with Gasteiger partial charge in [-0.3, -0.25) is 37.2 Å². The Bertz CT molecular complexity index is 2430. The molecule has 20 nitrogen and oxygen atoms in total. The Morgan fingerprint density at radius 2 is 1.67 bits per heavy atom. The average molecular weight is 895 g/mol. The molecule has 318 valence electrons. The summed E-state index contributed by atoms with van der Waals surface area (Å²) >= 11 is 0.592. The molecule has 4 aliphatic heterocycles. The summed E-state index contributed by atoms with van der Waals surface area (Å²) in [6, 6.07) is 12.6. The number of alkyl halides is 2. The number of nitrogens with two attached hydrogens (primary N) is 1. The number of methoxy groups -OCH3 is 1. The van der Waals surface area contributed by atoms with Crippen molar-refractivity contribution in [2.24, 2.45) is 0 Å². The lowest BCUT2D eigenvalue weighted by Gasteiger charge is -2.31. The van der Waals surface area contributed by atoms with Gasteiger partial charge >= 0.3 is 20.6 Å². The van der Waals surface area contributed by atoms with E-state index < -0.39 is 101 Å². The number of anilines is 1.